The van der Waals surface area contributed by atoms with E-state index in [1.807, 2.05) is 6.92 Å². The van der Waals surface area contributed by atoms with Crippen molar-refractivity contribution < 1.29 is 13.2 Å². The molecule has 3 N–H and O–H groups in total. The number of rotatable bonds is 2. The van der Waals surface area contributed by atoms with Crippen LogP contribution in [0.15, 0.2) is 35.3 Å². The monoisotopic (exact) mass is 448 g/mol. The van der Waals surface area contributed by atoms with Crippen LogP contribution in [0.5, 0.6) is 0 Å². The molecule has 0 amide bonds. The molecule has 1 aromatic rings. The average molecular weight is 449 g/mol. The van der Waals surface area contributed by atoms with E-state index in [-0.39, 0.29) is 46.0 Å². The molecule has 2 aliphatic heterocycles. The molecule has 1 aliphatic carbocycles. The van der Waals surface area contributed by atoms with E-state index in [0.29, 0.717) is 12.8 Å². The molecule has 10 heteroatoms. The highest BCUT2D eigenvalue weighted by molar-refractivity contribution is 6.31. The zero-order valence-electron chi connectivity index (χ0n) is 16.6. The summed E-state index contributed by atoms with van der Waals surface area (Å²) in [7, 11) is 0. The second kappa shape index (κ2) is 8.16. The van der Waals surface area contributed by atoms with E-state index < -0.39 is 23.4 Å². The van der Waals surface area contributed by atoms with Crippen molar-refractivity contribution in [3.63, 3.8) is 0 Å². The third-order valence-corrected chi connectivity index (χ3v) is 6.79. The predicted molar refractivity (Wildman–Crippen MR) is 108 cm³/mol. The highest BCUT2D eigenvalue weighted by Crippen LogP contribution is 2.48. The lowest BCUT2D eigenvalue weighted by Gasteiger charge is -2.39. The number of nitrogens with one attached hydrogen (secondary N) is 3. The molecule has 3 heterocycles. The lowest BCUT2D eigenvalue weighted by Crippen LogP contribution is -2.40. The number of allylic oxidation sites excluding steroid dienone is 2. The topological polar surface area (TPSA) is 77.1 Å². The van der Waals surface area contributed by atoms with Gasteiger partial charge >= 0.3 is 6.18 Å². The van der Waals surface area contributed by atoms with Crippen molar-refractivity contribution in [2.24, 2.45) is 17.8 Å². The van der Waals surface area contributed by atoms with Gasteiger partial charge in [0, 0.05) is 29.8 Å². The van der Waals surface area contributed by atoms with Crippen LogP contribution in [0.25, 0.3) is 10.5 Å². The molecule has 1 saturated heterocycles. The molecule has 0 radical (unpaired) electrons. The number of hydrogen-bond donors (Lipinski definition) is 3. The molecule has 3 aliphatic rings. The van der Waals surface area contributed by atoms with Crippen LogP contribution in [-0.4, -0.2) is 23.2 Å². The third kappa shape index (κ3) is 3.78. The second-order valence-corrected chi connectivity index (χ2v) is 8.49. The van der Waals surface area contributed by atoms with Gasteiger partial charge in [-0.15, -0.1) is 0 Å². The first-order valence-corrected chi connectivity index (χ1v) is 10.4. The van der Waals surface area contributed by atoms with Crippen LogP contribution in [0.1, 0.15) is 31.7 Å². The Morgan fingerprint density at radius 2 is 2.10 bits per heavy atom. The smallest absolute Gasteiger partial charge is 0.360 e. The van der Waals surface area contributed by atoms with Gasteiger partial charge in [-0.05, 0) is 50.2 Å². The largest absolute Gasteiger partial charge is 0.432 e. The predicted octanol–water partition coefficient (Wildman–Crippen LogP) is 4.16. The highest BCUT2D eigenvalue weighted by Gasteiger charge is 2.49. The van der Waals surface area contributed by atoms with Crippen molar-refractivity contribution in [3.8, 4) is 6.07 Å². The summed E-state index contributed by atoms with van der Waals surface area (Å²) in [6.45, 7) is 9.82. The minimum Gasteiger partial charge on any atom is -0.360 e. The van der Waals surface area contributed by atoms with Gasteiger partial charge in [-0.1, -0.05) is 11.6 Å². The summed E-state index contributed by atoms with van der Waals surface area (Å²) in [4.78, 5) is 7.57. The summed E-state index contributed by atoms with van der Waals surface area (Å²) < 4.78 is 41.9. The van der Waals surface area contributed by atoms with Gasteiger partial charge in [0.1, 0.15) is 10.9 Å². The lowest BCUT2D eigenvalue weighted by atomic mass is 9.67. The number of fused-ring (bicyclic) bond motifs is 1. The van der Waals surface area contributed by atoms with Gasteiger partial charge in [-0.3, -0.25) is 10.9 Å². The Morgan fingerprint density at radius 3 is 2.74 bits per heavy atom. The van der Waals surface area contributed by atoms with Crippen LogP contribution in [0.3, 0.4) is 0 Å². The van der Waals surface area contributed by atoms with Crippen molar-refractivity contribution in [1.29, 1.82) is 5.26 Å². The fourth-order valence-electron chi connectivity index (χ4n) is 5.03. The molecule has 2 fully saturated rings. The molecule has 1 saturated carbocycles. The Bertz CT molecular complexity index is 1030. The zero-order valence-corrected chi connectivity index (χ0v) is 17.3. The van der Waals surface area contributed by atoms with E-state index in [1.165, 1.54) is 12.3 Å². The van der Waals surface area contributed by atoms with E-state index in [2.05, 4.69) is 26.0 Å². The highest BCUT2D eigenvalue weighted by atomic mass is 35.5. The van der Waals surface area contributed by atoms with Gasteiger partial charge in [-0.2, -0.15) is 18.4 Å². The fraction of sp³-hybridized carbons (Fsp3) is 0.476. The number of halogens is 4. The number of pyridine rings is 1. The van der Waals surface area contributed by atoms with Crippen molar-refractivity contribution in [2.75, 3.05) is 0 Å². The number of hydrazine groups is 1. The third-order valence-electron chi connectivity index (χ3n) is 6.48. The molecule has 5 unspecified atom stereocenters. The maximum atomic E-state index is 14.0. The molecular weight excluding hydrogens is 429 g/mol. The van der Waals surface area contributed by atoms with E-state index in [0.717, 1.165) is 6.42 Å². The molecule has 5 atom stereocenters. The number of aromatic nitrogens is 1. The van der Waals surface area contributed by atoms with E-state index in [4.69, 9.17) is 18.2 Å². The van der Waals surface area contributed by atoms with Gasteiger partial charge in [-0.25, -0.2) is 9.83 Å². The van der Waals surface area contributed by atoms with Crippen LogP contribution in [-0.2, 0) is 0 Å². The minimum absolute atomic E-state index is 0.00615. The number of nitrogens with zero attached hydrogens (tertiary/aromatic N) is 3. The quantitative estimate of drug-likeness (QED) is 0.468. The Balaban J connectivity index is 1.86. The van der Waals surface area contributed by atoms with E-state index >= 15 is 0 Å². The Hall–Kier alpha value is -2.59. The summed E-state index contributed by atoms with van der Waals surface area (Å²) in [5, 5.41) is 12.1. The first kappa shape index (κ1) is 21.6. The molecule has 31 heavy (non-hydrogen) atoms. The molecule has 6 nitrogen and oxygen atoms in total. The number of nitriles is 1. The SMILES string of the molecule is [C-]#[N+]C1=C(c2cccnc2Cl)NC(C(F)(F)F)=C(C#N)C1C1CCC2NNC(C)C2C1. The Morgan fingerprint density at radius 1 is 1.32 bits per heavy atom. The van der Waals surface area contributed by atoms with Gasteiger partial charge in [0.25, 0.3) is 0 Å². The molecule has 4 rings (SSSR count). The van der Waals surface area contributed by atoms with Crippen LogP contribution in [0.2, 0.25) is 5.15 Å². The summed E-state index contributed by atoms with van der Waals surface area (Å²) in [6, 6.07) is 5.23. The lowest BCUT2D eigenvalue weighted by molar-refractivity contribution is -0.0966. The second-order valence-electron chi connectivity index (χ2n) is 8.14. The number of dihydropyridines is 1. The molecule has 0 spiro atoms. The van der Waals surface area contributed by atoms with E-state index in [9.17, 15) is 18.4 Å². The van der Waals surface area contributed by atoms with E-state index in [1.54, 1.807) is 12.1 Å². The molecule has 162 valence electrons. The van der Waals surface area contributed by atoms with Crippen molar-refractivity contribution >= 4 is 17.3 Å². The number of alkyl halides is 3. The normalized spacial score (nSPS) is 31.0. The zero-order chi connectivity index (χ0) is 22.3. The maximum absolute atomic E-state index is 14.0. The van der Waals surface area contributed by atoms with Crippen molar-refractivity contribution in [2.45, 2.75) is 44.4 Å². The molecular formula is C21H20ClF3N6. The molecule has 1 aromatic heterocycles. The first-order chi connectivity index (χ1) is 14.8. The van der Waals surface area contributed by atoms with Gasteiger partial charge in [0.15, 0.2) is 5.70 Å². The minimum atomic E-state index is -4.78. The summed E-state index contributed by atoms with van der Waals surface area (Å²) >= 11 is 6.17. The summed E-state index contributed by atoms with van der Waals surface area (Å²) in [6.07, 6.45) is -1.38. The molecule has 0 aromatic carbocycles. The first-order valence-electron chi connectivity index (χ1n) is 9.98. The van der Waals surface area contributed by atoms with Crippen LogP contribution in [0.4, 0.5) is 13.2 Å². The van der Waals surface area contributed by atoms with Crippen molar-refractivity contribution in [3.05, 3.63) is 57.4 Å². The average Bonchev–Trinajstić information content (AvgIpc) is 3.12. The Labute approximate surface area is 183 Å². The fourth-order valence-corrected chi connectivity index (χ4v) is 5.25. The van der Waals surface area contributed by atoms with Crippen LogP contribution < -0.4 is 16.2 Å². The van der Waals surface area contributed by atoms with Gasteiger partial charge in [0.2, 0.25) is 0 Å². The van der Waals surface area contributed by atoms with Crippen molar-refractivity contribution in [1.82, 2.24) is 21.2 Å². The van der Waals surface area contributed by atoms with Gasteiger partial charge < -0.3 is 5.32 Å². The Kier molecular flexibility index (Phi) is 5.69. The van der Waals surface area contributed by atoms with Gasteiger partial charge in [0.05, 0.1) is 23.9 Å². The standard InChI is InChI=1S/C21H20ClF3N6/c1-10-13-8-11(5-6-15(13)31-30-10)16-14(9-26)19(21(23,24)25)29-17(18(16)27-2)12-4-3-7-28-20(12)22/h3-4,7,10-11,13,15-16,29-31H,5-6,8H2,1H3. The van der Waals surface area contributed by atoms with Crippen LogP contribution in [0, 0.1) is 35.7 Å². The summed E-state index contributed by atoms with van der Waals surface area (Å²) in [5.41, 5.74) is 5.14. The maximum Gasteiger partial charge on any atom is 0.432 e. The molecule has 0 bridgehead atoms. The summed E-state index contributed by atoms with van der Waals surface area (Å²) in [5.74, 6) is -1.02. The number of hydrogen-bond acceptors (Lipinski definition) is 5. The van der Waals surface area contributed by atoms with Crippen LogP contribution >= 0.6 is 11.6 Å².